The largest absolute Gasteiger partial charge is 0.268 e. The number of aromatic nitrogens is 2. The molecule has 0 bridgehead atoms. The van der Waals surface area contributed by atoms with E-state index in [1.807, 2.05) is 42.5 Å². The Balaban J connectivity index is 2.08. The van der Waals surface area contributed by atoms with E-state index in [4.69, 9.17) is 0 Å². The van der Waals surface area contributed by atoms with Crippen molar-refractivity contribution in [3.8, 4) is 0 Å². The Hall–Kier alpha value is -1.43. The molecule has 1 aromatic heterocycles. The van der Waals surface area contributed by atoms with E-state index >= 15 is 0 Å². The van der Waals surface area contributed by atoms with Crippen LogP contribution in [0, 0.1) is 3.57 Å². The lowest BCUT2D eigenvalue weighted by Gasteiger charge is -1.99. The van der Waals surface area contributed by atoms with Crippen LogP contribution >= 0.6 is 22.6 Å². The van der Waals surface area contributed by atoms with Gasteiger partial charge in [0.05, 0.1) is 12.7 Å². The summed E-state index contributed by atoms with van der Waals surface area (Å²) in [6, 6.07) is 11.5. The molecule has 0 radical (unpaired) electrons. The minimum absolute atomic E-state index is 0.0744. The van der Waals surface area contributed by atoms with Gasteiger partial charge in [0.1, 0.15) is 0 Å². The summed E-state index contributed by atoms with van der Waals surface area (Å²) in [4.78, 5) is 11.5. The first kappa shape index (κ1) is 12.0. The van der Waals surface area contributed by atoms with Crippen LogP contribution in [0.1, 0.15) is 5.56 Å². The van der Waals surface area contributed by atoms with Gasteiger partial charge < -0.3 is 0 Å². The molecular formula is C13H11IN2O. The fraction of sp³-hybridized carbons (Fsp3) is 0.0769. The summed E-state index contributed by atoms with van der Waals surface area (Å²) in [7, 11) is 0. The van der Waals surface area contributed by atoms with Crippen LogP contribution in [0.4, 0.5) is 0 Å². The molecule has 86 valence electrons. The fourth-order valence-corrected chi connectivity index (χ4v) is 1.79. The molecule has 17 heavy (non-hydrogen) atoms. The standard InChI is InChI=1S/C13H11IN2O/c14-12-9-13(17)16(15-10-12)8-4-7-11-5-2-1-3-6-11/h1-7,9-10H,8H2/b7-4+. The molecule has 1 heterocycles. The molecule has 2 rings (SSSR count). The van der Waals surface area contributed by atoms with Gasteiger partial charge in [-0.15, -0.1) is 0 Å². The zero-order valence-corrected chi connectivity index (χ0v) is 11.2. The van der Waals surface area contributed by atoms with Crippen LogP contribution in [-0.2, 0) is 6.54 Å². The fourth-order valence-electron chi connectivity index (χ4n) is 1.40. The summed E-state index contributed by atoms with van der Waals surface area (Å²) < 4.78 is 2.29. The zero-order chi connectivity index (χ0) is 12.1. The van der Waals surface area contributed by atoms with Crippen molar-refractivity contribution in [2.45, 2.75) is 6.54 Å². The second-order valence-corrected chi connectivity index (χ2v) is 4.75. The number of hydrogen-bond acceptors (Lipinski definition) is 2. The van der Waals surface area contributed by atoms with Crippen LogP contribution in [0.2, 0.25) is 0 Å². The Kier molecular flexibility index (Phi) is 4.08. The molecule has 0 saturated carbocycles. The lowest BCUT2D eigenvalue weighted by molar-refractivity contribution is 0.650. The molecule has 0 N–H and O–H groups in total. The van der Waals surface area contributed by atoms with Crippen LogP contribution in [0.3, 0.4) is 0 Å². The monoisotopic (exact) mass is 338 g/mol. The quantitative estimate of drug-likeness (QED) is 0.807. The Bertz CT molecular complexity index is 575. The lowest BCUT2D eigenvalue weighted by Crippen LogP contribution is -2.21. The average Bonchev–Trinajstić information content (AvgIpc) is 2.33. The van der Waals surface area contributed by atoms with Gasteiger partial charge in [-0.2, -0.15) is 5.10 Å². The summed E-state index contributed by atoms with van der Waals surface area (Å²) in [5.41, 5.74) is 1.04. The molecule has 0 saturated heterocycles. The predicted octanol–water partition coefficient (Wildman–Crippen LogP) is 2.56. The minimum Gasteiger partial charge on any atom is -0.268 e. The van der Waals surface area contributed by atoms with Crippen molar-refractivity contribution in [2.75, 3.05) is 0 Å². The van der Waals surface area contributed by atoms with Crippen LogP contribution < -0.4 is 5.56 Å². The van der Waals surface area contributed by atoms with Crippen molar-refractivity contribution in [3.63, 3.8) is 0 Å². The van der Waals surface area contributed by atoms with Crippen molar-refractivity contribution in [1.29, 1.82) is 0 Å². The van der Waals surface area contributed by atoms with Crippen molar-refractivity contribution >= 4 is 28.7 Å². The van der Waals surface area contributed by atoms with Crippen molar-refractivity contribution in [2.24, 2.45) is 0 Å². The van der Waals surface area contributed by atoms with Crippen molar-refractivity contribution in [1.82, 2.24) is 9.78 Å². The van der Waals surface area contributed by atoms with Gasteiger partial charge in [-0.05, 0) is 28.2 Å². The lowest BCUT2D eigenvalue weighted by atomic mass is 10.2. The van der Waals surface area contributed by atoms with E-state index in [1.54, 1.807) is 12.3 Å². The Morgan fingerprint density at radius 2 is 2.06 bits per heavy atom. The molecule has 0 unspecified atom stereocenters. The highest BCUT2D eigenvalue weighted by molar-refractivity contribution is 14.1. The van der Waals surface area contributed by atoms with Gasteiger partial charge in [0.25, 0.3) is 5.56 Å². The number of benzene rings is 1. The third kappa shape index (κ3) is 3.52. The van der Waals surface area contributed by atoms with Gasteiger partial charge in [-0.3, -0.25) is 4.79 Å². The van der Waals surface area contributed by atoms with Crippen LogP contribution in [0.5, 0.6) is 0 Å². The molecule has 0 aliphatic carbocycles. The van der Waals surface area contributed by atoms with E-state index < -0.39 is 0 Å². The van der Waals surface area contributed by atoms with E-state index in [0.29, 0.717) is 6.54 Å². The molecule has 1 aromatic carbocycles. The topological polar surface area (TPSA) is 34.9 Å². The summed E-state index contributed by atoms with van der Waals surface area (Å²) in [5, 5.41) is 4.05. The number of halogens is 1. The molecule has 4 heteroatoms. The van der Waals surface area contributed by atoms with Gasteiger partial charge in [0.15, 0.2) is 0 Å². The third-order valence-electron chi connectivity index (χ3n) is 2.22. The molecule has 0 atom stereocenters. The van der Waals surface area contributed by atoms with E-state index in [-0.39, 0.29) is 5.56 Å². The molecule has 2 aromatic rings. The predicted molar refractivity (Wildman–Crippen MR) is 76.7 cm³/mol. The first-order valence-corrected chi connectivity index (χ1v) is 6.28. The molecule has 0 aliphatic rings. The first-order valence-electron chi connectivity index (χ1n) is 5.20. The second kappa shape index (κ2) is 5.77. The maximum Gasteiger partial charge on any atom is 0.268 e. The van der Waals surface area contributed by atoms with Gasteiger partial charge >= 0.3 is 0 Å². The van der Waals surface area contributed by atoms with Gasteiger partial charge in [0, 0.05) is 9.64 Å². The number of nitrogens with zero attached hydrogens (tertiary/aromatic N) is 2. The summed E-state index contributed by atoms with van der Waals surface area (Å²) in [6.45, 7) is 0.491. The maximum atomic E-state index is 11.5. The number of hydrogen-bond donors (Lipinski definition) is 0. The van der Waals surface area contributed by atoms with E-state index in [9.17, 15) is 4.79 Å². The SMILES string of the molecule is O=c1cc(I)cnn1C/C=C/c1ccccc1. The highest BCUT2D eigenvalue weighted by Crippen LogP contribution is 2.01. The van der Waals surface area contributed by atoms with Crippen molar-refractivity contribution in [3.05, 3.63) is 68.2 Å². The Morgan fingerprint density at radius 1 is 1.29 bits per heavy atom. The van der Waals surface area contributed by atoms with E-state index in [0.717, 1.165) is 9.13 Å². The van der Waals surface area contributed by atoms with Gasteiger partial charge in [-0.1, -0.05) is 42.5 Å². The summed E-state index contributed by atoms with van der Waals surface area (Å²) in [6.07, 6.45) is 5.58. The van der Waals surface area contributed by atoms with Gasteiger partial charge in [0.2, 0.25) is 0 Å². The third-order valence-corrected chi connectivity index (χ3v) is 2.81. The van der Waals surface area contributed by atoms with Crippen LogP contribution in [0.25, 0.3) is 6.08 Å². The van der Waals surface area contributed by atoms with Gasteiger partial charge in [-0.25, -0.2) is 4.68 Å². The van der Waals surface area contributed by atoms with Crippen molar-refractivity contribution < 1.29 is 0 Å². The number of rotatable bonds is 3. The van der Waals surface area contributed by atoms with Crippen LogP contribution in [0.15, 0.2) is 53.5 Å². The first-order chi connectivity index (χ1) is 8.25. The molecule has 0 aliphatic heterocycles. The number of allylic oxidation sites excluding steroid dienone is 1. The Labute approximate surface area is 113 Å². The highest BCUT2D eigenvalue weighted by Gasteiger charge is 1.95. The smallest absolute Gasteiger partial charge is 0.268 e. The average molecular weight is 338 g/mol. The highest BCUT2D eigenvalue weighted by atomic mass is 127. The molecule has 0 spiro atoms. The molecule has 0 amide bonds. The summed E-state index contributed by atoms with van der Waals surface area (Å²) in [5.74, 6) is 0. The molecule has 0 fully saturated rings. The second-order valence-electron chi connectivity index (χ2n) is 3.51. The normalized spacial score (nSPS) is 10.9. The minimum atomic E-state index is -0.0744. The maximum absolute atomic E-state index is 11.5. The zero-order valence-electron chi connectivity index (χ0n) is 9.08. The van der Waals surface area contributed by atoms with Crippen LogP contribution in [-0.4, -0.2) is 9.78 Å². The Morgan fingerprint density at radius 3 is 2.76 bits per heavy atom. The van der Waals surface area contributed by atoms with E-state index in [2.05, 4.69) is 27.7 Å². The summed E-state index contributed by atoms with van der Waals surface area (Å²) >= 11 is 2.08. The van der Waals surface area contributed by atoms with E-state index in [1.165, 1.54) is 4.68 Å². The molecule has 3 nitrogen and oxygen atoms in total. The molecular weight excluding hydrogens is 327 g/mol.